The summed E-state index contributed by atoms with van der Waals surface area (Å²) in [7, 11) is 0.934. The average molecular weight is 416 g/mol. The molecule has 0 unspecified atom stereocenters. The Hall–Kier alpha value is -2.52. The largest absolute Gasteiger partial charge is 0.498 e. The fourth-order valence-corrected chi connectivity index (χ4v) is 3.16. The van der Waals surface area contributed by atoms with Crippen molar-refractivity contribution >= 4 is 24.8 Å². The van der Waals surface area contributed by atoms with Crippen LogP contribution < -0.4 is 20.7 Å². The molecular formula is C21H29BN2O6. The van der Waals surface area contributed by atoms with E-state index in [1.165, 1.54) is 6.20 Å². The maximum atomic E-state index is 12.9. The molecule has 3 rings (SSSR count). The van der Waals surface area contributed by atoms with Gasteiger partial charge in [-0.15, -0.1) is 0 Å². The van der Waals surface area contributed by atoms with Crippen LogP contribution in [0.25, 0.3) is 0 Å². The molecular weight excluding hydrogens is 387 g/mol. The Labute approximate surface area is 177 Å². The number of fused-ring (bicyclic) bond motifs is 1. The Morgan fingerprint density at radius 2 is 1.77 bits per heavy atom. The summed E-state index contributed by atoms with van der Waals surface area (Å²) in [4.78, 5) is 16.8. The molecule has 1 aromatic carbocycles. The number of cyclic esters (lactones) is 1. The first-order chi connectivity index (χ1) is 13.9. The summed E-state index contributed by atoms with van der Waals surface area (Å²) < 4.78 is 29.7. The van der Waals surface area contributed by atoms with Crippen molar-refractivity contribution < 1.29 is 28.3 Å². The predicted octanol–water partition coefficient (Wildman–Crippen LogP) is 2.19. The van der Waals surface area contributed by atoms with E-state index in [1.54, 1.807) is 39.2 Å². The number of nitrogens with zero attached hydrogens (tertiary/aromatic N) is 1. The number of ether oxygens (including phenoxy) is 3. The highest BCUT2D eigenvalue weighted by molar-refractivity contribution is 6.63. The van der Waals surface area contributed by atoms with E-state index < -0.39 is 30.1 Å². The van der Waals surface area contributed by atoms with E-state index in [2.05, 4.69) is 4.99 Å². The minimum atomic E-state index is -1.14. The van der Waals surface area contributed by atoms with E-state index >= 15 is 0 Å². The number of nitrogens with two attached hydrogens (primary N) is 1. The molecule has 2 N–H and O–H groups in total. The second-order valence-electron chi connectivity index (χ2n) is 8.75. The molecule has 2 heterocycles. The normalized spacial score (nSPS) is 21.9. The zero-order chi connectivity index (χ0) is 22.3. The third kappa shape index (κ3) is 4.04. The van der Waals surface area contributed by atoms with E-state index in [0.29, 0.717) is 22.5 Å². The van der Waals surface area contributed by atoms with Gasteiger partial charge in [0.15, 0.2) is 0 Å². The number of carbonyl (C=O) groups excluding carboxylic acids is 1. The van der Waals surface area contributed by atoms with E-state index in [1.807, 2.05) is 27.7 Å². The molecule has 0 amide bonds. The van der Waals surface area contributed by atoms with Crippen molar-refractivity contribution in [2.45, 2.75) is 58.5 Å². The first kappa shape index (κ1) is 22.2. The number of hydrogen-bond donors (Lipinski definition) is 1. The Kier molecular flexibility index (Phi) is 5.64. The first-order valence-electron chi connectivity index (χ1n) is 9.81. The molecule has 2 aliphatic rings. The van der Waals surface area contributed by atoms with Crippen LogP contribution in [0.2, 0.25) is 0 Å². The van der Waals surface area contributed by atoms with Crippen LogP contribution in [0.4, 0.5) is 0 Å². The summed E-state index contributed by atoms with van der Waals surface area (Å²) in [6.45, 7) is 11.3. The van der Waals surface area contributed by atoms with Crippen LogP contribution in [0.3, 0.4) is 0 Å². The van der Waals surface area contributed by atoms with E-state index in [0.717, 1.165) is 0 Å². The number of aliphatic imine (C=N–C) groups is 1. The lowest BCUT2D eigenvalue weighted by molar-refractivity contribution is -0.127. The maximum Gasteiger partial charge on any atom is 0.498 e. The van der Waals surface area contributed by atoms with Gasteiger partial charge < -0.3 is 29.3 Å². The van der Waals surface area contributed by atoms with Crippen LogP contribution in [0.15, 0.2) is 28.9 Å². The molecule has 0 radical (unpaired) electrons. The Morgan fingerprint density at radius 3 is 2.33 bits per heavy atom. The zero-order valence-electron chi connectivity index (χ0n) is 18.6. The third-order valence-electron chi connectivity index (χ3n) is 5.45. The molecule has 0 aromatic heterocycles. The zero-order valence-corrected chi connectivity index (χ0v) is 18.6. The topological polar surface area (TPSA) is 102 Å². The Bertz CT molecular complexity index is 891. The van der Waals surface area contributed by atoms with Crippen LogP contribution >= 0.6 is 0 Å². The molecule has 0 bridgehead atoms. The van der Waals surface area contributed by atoms with Gasteiger partial charge in [-0.2, -0.15) is 0 Å². The number of hydrogen-bond acceptors (Lipinski definition) is 8. The van der Waals surface area contributed by atoms with Crippen LogP contribution in [-0.4, -0.2) is 49.9 Å². The van der Waals surface area contributed by atoms with Gasteiger partial charge in [0.2, 0.25) is 5.79 Å². The molecule has 1 saturated heterocycles. The molecule has 0 spiro atoms. The van der Waals surface area contributed by atoms with Crippen molar-refractivity contribution in [3.05, 3.63) is 29.5 Å². The molecule has 0 saturated carbocycles. The van der Waals surface area contributed by atoms with Gasteiger partial charge in [0, 0.05) is 44.3 Å². The van der Waals surface area contributed by atoms with Crippen LogP contribution in [-0.2, 0) is 14.0 Å². The smallest absolute Gasteiger partial charge is 0.488 e. The fourth-order valence-electron chi connectivity index (χ4n) is 3.16. The van der Waals surface area contributed by atoms with Crippen molar-refractivity contribution in [2.24, 2.45) is 10.7 Å². The van der Waals surface area contributed by atoms with Gasteiger partial charge in [-0.1, -0.05) is 6.07 Å². The average Bonchev–Trinajstić information content (AvgIpc) is 2.84. The minimum absolute atomic E-state index is 0.132. The molecule has 0 aliphatic carbocycles. The lowest BCUT2D eigenvalue weighted by Crippen LogP contribution is -2.44. The van der Waals surface area contributed by atoms with Crippen molar-refractivity contribution in [3.8, 4) is 11.5 Å². The predicted molar refractivity (Wildman–Crippen MR) is 114 cm³/mol. The molecule has 162 valence electrons. The molecule has 1 aromatic rings. The number of benzene rings is 1. The molecule has 2 aliphatic heterocycles. The van der Waals surface area contributed by atoms with Crippen LogP contribution in [0.1, 0.15) is 51.9 Å². The summed E-state index contributed by atoms with van der Waals surface area (Å²) in [5, 5.41) is 0. The number of esters is 1. The van der Waals surface area contributed by atoms with Crippen molar-refractivity contribution in [1.82, 2.24) is 0 Å². The summed E-state index contributed by atoms with van der Waals surface area (Å²) >= 11 is 0. The summed E-state index contributed by atoms with van der Waals surface area (Å²) in [6.07, 6.45) is 2.99. The van der Waals surface area contributed by atoms with Gasteiger partial charge in [0.05, 0.1) is 11.2 Å². The monoisotopic (exact) mass is 416 g/mol. The van der Waals surface area contributed by atoms with Gasteiger partial charge in [-0.05, 0) is 33.8 Å². The van der Waals surface area contributed by atoms with Gasteiger partial charge in [-0.3, -0.25) is 4.99 Å². The lowest BCUT2D eigenvalue weighted by atomic mass is 9.77. The third-order valence-corrected chi connectivity index (χ3v) is 5.45. The Morgan fingerprint density at radius 1 is 1.13 bits per heavy atom. The molecule has 30 heavy (non-hydrogen) atoms. The van der Waals surface area contributed by atoms with Crippen molar-refractivity contribution in [3.63, 3.8) is 0 Å². The minimum Gasteiger partial charge on any atom is -0.488 e. The number of rotatable bonds is 5. The molecule has 9 heteroatoms. The van der Waals surface area contributed by atoms with Gasteiger partial charge in [0.25, 0.3) is 0 Å². The lowest BCUT2D eigenvalue weighted by Gasteiger charge is -2.34. The summed E-state index contributed by atoms with van der Waals surface area (Å²) in [5.74, 6) is -1.04. The van der Waals surface area contributed by atoms with E-state index in [4.69, 9.17) is 29.3 Å². The van der Waals surface area contributed by atoms with Gasteiger partial charge in [0.1, 0.15) is 23.7 Å². The molecule has 8 nitrogen and oxygen atoms in total. The second kappa shape index (κ2) is 7.63. The fraction of sp³-hybridized carbons (Fsp3) is 0.524. The van der Waals surface area contributed by atoms with Crippen LogP contribution in [0.5, 0.6) is 11.5 Å². The van der Waals surface area contributed by atoms with Crippen LogP contribution in [0, 0.1) is 0 Å². The molecule has 0 atom stereocenters. The summed E-state index contributed by atoms with van der Waals surface area (Å²) in [5.41, 5.74) is 5.97. The van der Waals surface area contributed by atoms with Crippen molar-refractivity contribution in [2.75, 3.05) is 13.7 Å². The SMILES string of the molecule is CN=CC(=CN)COc1ccc(B2OC(C)(C)C(C)(C)O2)c2c1C(=O)OC(C)(C)O2. The maximum absolute atomic E-state index is 12.9. The molecule has 1 fully saturated rings. The Balaban J connectivity index is 2.03. The quantitative estimate of drug-likeness (QED) is 0.446. The van der Waals surface area contributed by atoms with Gasteiger partial charge in [-0.25, -0.2) is 4.79 Å². The number of carbonyl (C=O) groups is 1. The standard InChI is InChI=1S/C21H29BN2O6/c1-19(2)20(3,4)30-22(29-19)14-8-9-15(26-12-13(10-23)11-24-7)16-17(14)27-21(5,6)28-18(16)25/h8-11H,12,23H2,1-7H3. The highest BCUT2D eigenvalue weighted by atomic mass is 16.7. The second-order valence-corrected chi connectivity index (χ2v) is 8.75. The van der Waals surface area contributed by atoms with E-state index in [9.17, 15) is 4.79 Å². The van der Waals surface area contributed by atoms with E-state index in [-0.39, 0.29) is 12.2 Å². The highest BCUT2D eigenvalue weighted by Gasteiger charge is 2.53. The van der Waals surface area contributed by atoms with Crippen molar-refractivity contribution in [1.29, 1.82) is 0 Å². The first-order valence-corrected chi connectivity index (χ1v) is 9.81. The summed E-state index contributed by atoms with van der Waals surface area (Å²) in [6, 6.07) is 3.46. The highest BCUT2D eigenvalue weighted by Crippen LogP contribution is 2.40. The van der Waals surface area contributed by atoms with Gasteiger partial charge >= 0.3 is 13.1 Å².